The number of hydrogen-bond acceptors (Lipinski definition) is 5. The van der Waals surface area contributed by atoms with Crippen LogP contribution in [-0.2, 0) is 4.79 Å². The molecule has 0 saturated heterocycles. The Hall–Kier alpha value is -1.44. The summed E-state index contributed by atoms with van der Waals surface area (Å²) in [5, 5.41) is 23.8. The van der Waals surface area contributed by atoms with Crippen LogP contribution in [0.5, 0.6) is 0 Å². The van der Waals surface area contributed by atoms with E-state index in [1.165, 1.54) is 16.2 Å². The van der Waals surface area contributed by atoms with Crippen LogP contribution in [0.1, 0.15) is 16.8 Å². The van der Waals surface area contributed by atoms with E-state index in [9.17, 15) is 9.59 Å². The van der Waals surface area contributed by atoms with Gasteiger partial charge >= 0.3 is 0 Å². The number of amides is 2. The van der Waals surface area contributed by atoms with Crippen molar-refractivity contribution in [3.63, 3.8) is 0 Å². The molecule has 0 fully saturated rings. The van der Waals surface area contributed by atoms with E-state index in [0.717, 1.165) is 0 Å². The first-order valence-corrected chi connectivity index (χ1v) is 6.93. The molecular formula is C12H18N2O4S. The minimum Gasteiger partial charge on any atom is -0.395 e. The first-order chi connectivity index (χ1) is 9.19. The number of hydrogen-bond donors (Lipinski definition) is 3. The lowest BCUT2D eigenvalue weighted by atomic mass is 10.3. The van der Waals surface area contributed by atoms with Crippen LogP contribution < -0.4 is 5.32 Å². The normalized spacial score (nSPS) is 10.2. The molecule has 3 N–H and O–H groups in total. The summed E-state index contributed by atoms with van der Waals surface area (Å²) in [5.41, 5.74) is 0.583. The van der Waals surface area contributed by atoms with Crippen molar-refractivity contribution >= 4 is 23.2 Å². The summed E-state index contributed by atoms with van der Waals surface area (Å²) in [4.78, 5) is 24.7. The average Bonchev–Trinajstić information content (AvgIpc) is 2.92. The number of thiophene rings is 1. The molecule has 0 bridgehead atoms. The SMILES string of the molecule is O=C(NCCC(=O)N(CCO)CCO)c1ccsc1. The largest absolute Gasteiger partial charge is 0.395 e. The van der Waals surface area contributed by atoms with Crippen LogP contribution in [0, 0.1) is 0 Å². The fourth-order valence-electron chi connectivity index (χ4n) is 1.54. The minimum atomic E-state index is -0.204. The molecule has 0 radical (unpaired) electrons. The highest BCUT2D eigenvalue weighted by atomic mass is 32.1. The van der Waals surface area contributed by atoms with Gasteiger partial charge in [0.05, 0.1) is 13.2 Å². The van der Waals surface area contributed by atoms with E-state index in [-0.39, 0.29) is 51.1 Å². The number of rotatable bonds is 8. The Balaban J connectivity index is 2.31. The monoisotopic (exact) mass is 286 g/mol. The van der Waals surface area contributed by atoms with E-state index in [0.29, 0.717) is 5.56 Å². The molecule has 0 saturated carbocycles. The molecule has 0 spiro atoms. The molecule has 106 valence electrons. The van der Waals surface area contributed by atoms with E-state index in [4.69, 9.17) is 10.2 Å². The first kappa shape index (κ1) is 15.6. The molecule has 0 aromatic carbocycles. The van der Waals surface area contributed by atoms with Gasteiger partial charge in [0.25, 0.3) is 5.91 Å². The zero-order valence-corrected chi connectivity index (χ0v) is 11.4. The summed E-state index contributed by atoms with van der Waals surface area (Å²) in [6.07, 6.45) is 0.149. The highest BCUT2D eigenvalue weighted by Crippen LogP contribution is 2.05. The van der Waals surface area contributed by atoms with Gasteiger partial charge in [-0.2, -0.15) is 11.3 Å². The fourth-order valence-corrected chi connectivity index (χ4v) is 2.18. The third-order valence-electron chi connectivity index (χ3n) is 2.50. The molecular weight excluding hydrogens is 268 g/mol. The zero-order valence-electron chi connectivity index (χ0n) is 10.5. The number of carbonyl (C=O) groups is 2. The van der Waals surface area contributed by atoms with Gasteiger partial charge in [0.2, 0.25) is 5.91 Å². The summed E-state index contributed by atoms with van der Waals surface area (Å²) in [7, 11) is 0. The maximum absolute atomic E-state index is 11.7. The van der Waals surface area contributed by atoms with Crippen molar-refractivity contribution in [1.82, 2.24) is 10.2 Å². The zero-order chi connectivity index (χ0) is 14.1. The highest BCUT2D eigenvalue weighted by molar-refractivity contribution is 7.08. The van der Waals surface area contributed by atoms with Crippen molar-refractivity contribution in [2.75, 3.05) is 32.8 Å². The van der Waals surface area contributed by atoms with E-state index in [1.807, 2.05) is 5.38 Å². The third-order valence-corrected chi connectivity index (χ3v) is 3.18. The molecule has 0 aliphatic heterocycles. The molecule has 0 unspecified atom stereocenters. The van der Waals surface area contributed by atoms with Gasteiger partial charge in [0.15, 0.2) is 0 Å². The number of carbonyl (C=O) groups excluding carboxylic acids is 2. The van der Waals surface area contributed by atoms with E-state index >= 15 is 0 Å². The Bertz CT molecular complexity index is 388. The average molecular weight is 286 g/mol. The van der Waals surface area contributed by atoms with Crippen molar-refractivity contribution in [2.24, 2.45) is 0 Å². The minimum absolute atomic E-state index is 0.146. The lowest BCUT2D eigenvalue weighted by Crippen LogP contribution is -2.38. The summed E-state index contributed by atoms with van der Waals surface area (Å²) in [5.74, 6) is -0.404. The molecule has 0 aliphatic rings. The smallest absolute Gasteiger partial charge is 0.252 e. The summed E-state index contributed by atoms with van der Waals surface area (Å²) < 4.78 is 0. The van der Waals surface area contributed by atoms with Crippen LogP contribution in [0.2, 0.25) is 0 Å². The van der Waals surface area contributed by atoms with E-state index in [1.54, 1.807) is 11.4 Å². The number of aliphatic hydroxyl groups is 2. The van der Waals surface area contributed by atoms with Gasteiger partial charge in [0.1, 0.15) is 0 Å². The second-order valence-electron chi connectivity index (χ2n) is 3.85. The molecule has 1 aromatic heterocycles. The molecule has 1 aromatic rings. The quantitative estimate of drug-likeness (QED) is 0.611. The second-order valence-corrected chi connectivity index (χ2v) is 4.63. The van der Waals surface area contributed by atoms with Crippen LogP contribution in [0.15, 0.2) is 16.8 Å². The Kier molecular flexibility index (Phi) is 7.09. The maximum Gasteiger partial charge on any atom is 0.252 e. The standard InChI is InChI=1S/C12H18N2O4S/c15-6-4-14(5-7-16)11(17)1-3-13-12(18)10-2-8-19-9-10/h2,8-9,15-16H,1,3-7H2,(H,13,18). The molecule has 0 atom stereocenters. The lowest BCUT2D eigenvalue weighted by molar-refractivity contribution is -0.132. The van der Waals surface area contributed by atoms with Gasteiger partial charge in [-0.1, -0.05) is 0 Å². The Labute approximate surface area is 115 Å². The number of aliphatic hydroxyl groups excluding tert-OH is 2. The molecule has 1 rings (SSSR count). The summed E-state index contributed by atoms with van der Waals surface area (Å²) in [6, 6.07) is 1.71. The van der Waals surface area contributed by atoms with Gasteiger partial charge in [-0.05, 0) is 11.4 Å². The van der Waals surface area contributed by atoms with Gasteiger partial charge in [-0.15, -0.1) is 0 Å². The summed E-state index contributed by atoms with van der Waals surface area (Å²) >= 11 is 1.43. The van der Waals surface area contributed by atoms with Crippen LogP contribution in [-0.4, -0.2) is 59.8 Å². The lowest BCUT2D eigenvalue weighted by Gasteiger charge is -2.20. The second kappa shape index (κ2) is 8.63. The molecule has 1 heterocycles. The van der Waals surface area contributed by atoms with E-state index in [2.05, 4.69) is 5.32 Å². The van der Waals surface area contributed by atoms with Gasteiger partial charge in [0, 0.05) is 37.0 Å². The maximum atomic E-state index is 11.7. The topological polar surface area (TPSA) is 89.9 Å². The van der Waals surface area contributed by atoms with Gasteiger partial charge in [-0.25, -0.2) is 0 Å². The fraction of sp³-hybridized carbons (Fsp3) is 0.500. The summed E-state index contributed by atoms with van der Waals surface area (Å²) in [6.45, 7) is 0.330. The number of nitrogens with zero attached hydrogens (tertiary/aromatic N) is 1. The Morgan fingerprint density at radius 3 is 2.47 bits per heavy atom. The molecule has 2 amide bonds. The predicted molar refractivity (Wildman–Crippen MR) is 72.0 cm³/mol. The Morgan fingerprint density at radius 2 is 1.95 bits per heavy atom. The van der Waals surface area contributed by atoms with Crippen molar-refractivity contribution in [2.45, 2.75) is 6.42 Å². The molecule has 0 aliphatic carbocycles. The third kappa shape index (κ3) is 5.37. The molecule has 7 heteroatoms. The number of nitrogens with one attached hydrogen (secondary N) is 1. The highest BCUT2D eigenvalue weighted by Gasteiger charge is 2.13. The van der Waals surface area contributed by atoms with Gasteiger partial charge in [-0.3, -0.25) is 9.59 Å². The Morgan fingerprint density at radius 1 is 1.26 bits per heavy atom. The van der Waals surface area contributed by atoms with Crippen LogP contribution in [0.3, 0.4) is 0 Å². The van der Waals surface area contributed by atoms with Crippen molar-refractivity contribution in [3.8, 4) is 0 Å². The van der Waals surface area contributed by atoms with Gasteiger partial charge < -0.3 is 20.4 Å². The predicted octanol–water partition coefficient (Wildman–Crippen LogP) is -0.319. The molecule has 6 nitrogen and oxygen atoms in total. The van der Waals surface area contributed by atoms with Crippen LogP contribution >= 0.6 is 11.3 Å². The first-order valence-electron chi connectivity index (χ1n) is 5.99. The molecule has 19 heavy (non-hydrogen) atoms. The van der Waals surface area contributed by atoms with Crippen LogP contribution in [0.4, 0.5) is 0 Å². The van der Waals surface area contributed by atoms with Crippen LogP contribution in [0.25, 0.3) is 0 Å². The van der Waals surface area contributed by atoms with Crippen molar-refractivity contribution < 1.29 is 19.8 Å². The van der Waals surface area contributed by atoms with Crippen molar-refractivity contribution in [3.05, 3.63) is 22.4 Å². The van der Waals surface area contributed by atoms with E-state index < -0.39 is 0 Å². The van der Waals surface area contributed by atoms with Crippen molar-refractivity contribution in [1.29, 1.82) is 0 Å².